The third kappa shape index (κ3) is 3.38. The Bertz CT molecular complexity index is 719. The number of hydrogen-bond donors (Lipinski definition) is 1. The Kier molecular flexibility index (Phi) is 4.67. The van der Waals surface area contributed by atoms with Crippen LogP contribution in [0.1, 0.15) is 0 Å². The van der Waals surface area contributed by atoms with Crippen LogP contribution in [0.25, 0.3) is 10.2 Å². The standard InChI is InChI=1S/C14H10N2S4/c17-12-7-3-1-5-10(12)15-9-18-20-14-16-11-6-2-4-8-13(11)19-14/h1-9,17H/b15-9+. The van der Waals surface area contributed by atoms with Crippen LogP contribution in [0, 0.1) is 0 Å². The molecule has 0 atom stereocenters. The Hall–Kier alpha value is -0.950. The molecule has 0 aliphatic carbocycles. The topological polar surface area (TPSA) is 25.2 Å². The van der Waals surface area contributed by atoms with Crippen molar-refractivity contribution in [3.63, 3.8) is 0 Å². The van der Waals surface area contributed by atoms with E-state index in [9.17, 15) is 0 Å². The lowest BCUT2D eigenvalue weighted by molar-refractivity contribution is 1.31. The summed E-state index contributed by atoms with van der Waals surface area (Å²) in [4.78, 5) is 9.83. The minimum atomic E-state index is 0.883. The minimum Gasteiger partial charge on any atom is -0.248 e. The number of fused-ring (bicyclic) bond motifs is 1. The monoisotopic (exact) mass is 334 g/mol. The number of thiol groups is 1. The maximum atomic E-state index is 4.56. The van der Waals surface area contributed by atoms with E-state index in [-0.39, 0.29) is 0 Å². The molecule has 0 spiro atoms. The number of benzene rings is 2. The van der Waals surface area contributed by atoms with Crippen molar-refractivity contribution in [2.75, 3.05) is 0 Å². The average Bonchev–Trinajstić information content (AvgIpc) is 2.88. The number of aliphatic imine (C=N–C) groups is 1. The second-order valence-corrected chi connectivity index (χ2v) is 7.66. The van der Waals surface area contributed by atoms with E-state index < -0.39 is 0 Å². The molecule has 20 heavy (non-hydrogen) atoms. The second-order valence-electron chi connectivity index (χ2n) is 3.85. The zero-order valence-corrected chi connectivity index (χ0v) is 13.6. The summed E-state index contributed by atoms with van der Waals surface area (Å²) in [6, 6.07) is 16.0. The smallest absolute Gasteiger partial charge is 0.162 e. The van der Waals surface area contributed by atoms with Gasteiger partial charge in [-0.05, 0) is 45.9 Å². The van der Waals surface area contributed by atoms with Gasteiger partial charge in [0.1, 0.15) is 0 Å². The molecule has 0 unspecified atom stereocenters. The molecular weight excluding hydrogens is 324 g/mol. The van der Waals surface area contributed by atoms with Gasteiger partial charge in [0.05, 0.1) is 21.5 Å². The Labute approximate surface area is 134 Å². The van der Waals surface area contributed by atoms with E-state index in [0.717, 1.165) is 20.4 Å². The summed E-state index contributed by atoms with van der Waals surface area (Å²) < 4.78 is 2.26. The van der Waals surface area contributed by atoms with Gasteiger partial charge >= 0.3 is 0 Å². The lowest BCUT2D eigenvalue weighted by Gasteiger charge is -1.96. The maximum absolute atomic E-state index is 4.56. The zero-order valence-electron chi connectivity index (χ0n) is 10.3. The predicted octanol–water partition coefficient (Wildman–Crippen LogP) is 5.69. The van der Waals surface area contributed by atoms with Crippen LogP contribution < -0.4 is 0 Å². The van der Waals surface area contributed by atoms with Crippen molar-refractivity contribution >= 4 is 67.0 Å². The zero-order chi connectivity index (χ0) is 13.8. The van der Waals surface area contributed by atoms with Gasteiger partial charge in [0, 0.05) is 4.90 Å². The minimum absolute atomic E-state index is 0.883. The Morgan fingerprint density at radius 3 is 2.75 bits per heavy atom. The fourth-order valence-corrected chi connectivity index (χ4v) is 4.62. The summed E-state index contributed by atoms with van der Waals surface area (Å²) in [6.45, 7) is 0. The maximum Gasteiger partial charge on any atom is 0.162 e. The summed E-state index contributed by atoms with van der Waals surface area (Å²) in [6.07, 6.45) is 0. The number of hydrogen-bond acceptors (Lipinski definition) is 6. The largest absolute Gasteiger partial charge is 0.248 e. The molecular formula is C14H10N2S4. The van der Waals surface area contributed by atoms with Gasteiger partial charge in [-0.1, -0.05) is 24.3 Å². The molecule has 3 aromatic rings. The molecule has 2 nitrogen and oxygen atoms in total. The molecule has 3 rings (SSSR count). The van der Waals surface area contributed by atoms with E-state index in [1.165, 1.54) is 4.70 Å². The third-order valence-electron chi connectivity index (χ3n) is 2.51. The molecule has 2 aromatic carbocycles. The van der Waals surface area contributed by atoms with Crippen molar-refractivity contribution in [1.29, 1.82) is 0 Å². The van der Waals surface area contributed by atoms with Gasteiger partial charge in [0.15, 0.2) is 4.34 Å². The summed E-state index contributed by atoms with van der Waals surface area (Å²) in [5.41, 5.74) is 3.76. The van der Waals surface area contributed by atoms with E-state index in [4.69, 9.17) is 0 Å². The highest BCUT2D eigenvalue weighted by atomic mass is 33.1. The van der Waals surface area contributed by atoms with Gasteiger partial charge in [-0.3, -0.25) is 0 Å². The van der Waals surface area contributed by atoms with Crippen molar-refractivity contribution < 1.29 is 0 Å². The van der Waals surface area contributed by atoms with Crippen molar-refractivity contribution in [1.82, 2.24) is 4.98 Å². The van der Waals surface area contributed by atoms with Gasteiger partial charge in [-0.15, -0.1) is 24.0 Å². The third-order valence-corrected chi connectivity index (χ3v) is 6.08. The van der Waals surface area contributed by atoms with Crippen molar-refractivity contribution in [3.8, 4) is 0 Å². The molecule has 0 N–H and O–H groups in total. The molecule has 1 heterocycles. The van der Waals surface area contributed by atoms with Crippen LogP contribution >= 0.6 is 45.6 Å². The van der Waals surface area contributed by atoms with E-state index in [1.54, 1.807) is 32.9 Å². The number of thiazole rings is 1. The number of para-hydroxylation sites is 2. The Balaban J connectivity index is 1.64. The van der Waals surface area contributed by atoms with Gasteiger partial charge in [0.25, 0.3) is 0 Å². The molecule has 0 aliphatic rings. The molecule has 0 saturated heterocycles. The fraction of sp³-hybridized carbons (Fsp3) is 0. The normalized spacial score (nSPS) is 11.4. The van der Waals surface area contributed by atoms with E-state index >= 15 is 0 Å². The van der Waals surface area contributed by atoms with Crippen LogP contribution in [-0.4, -0.2) is 10.5 Å². The van der Waals surface area contributed by atoms with E-state index in [1.807, 2.05) is 48.0 Å². The lowest BCUT2D eigenvalue weighted by Crippen LogP contribution is -1.69. The molecule has 0 amide bonds. The fourth-order valence-electron chi connectivity index (χ4n) is 1.60. The summed E-state index contributed by atoms with van der Waals surface area (Å²) in [5.74, 6) is 0. The molecule has 0 saturated carbocycles. The molecule has 0 aliphatic heterocycles. The van der Waals surface area contributed by atoms with E-state index in [0.29, 0.717) is 0 Å². The highest BCUT2D eigenvalue weighted by Gasteiger charge is 2.03. The van der Waals surface area contributed by atoms with Crippen molar-refractivity contribution in [2.45, 2.75) is 9.24 Å². The number of aromatic nitrogens is 1. The molecule has 100 valence electrons. The number of rotatable bonds is 4. The van der Waals surface area contributed by atoms with Gasteiger partial charge < -0.3 is 0 Å². The van der Waals surface area contributed by atoms with Crippen LogP contribution in [0.15, 0.2) is 62.8 Å². The lowest BCUT2D eigenvalue weighted by atomic mass is 10.3. The molecule has 0 bridgehead atoms. The summed E-state index contributed by atoms with van der Waals surface area (Å²) in [5, 5.41) is 0. The first-order chi connectivity index (χ1) is 9.83. The van der Waals surface area contributed by atoms with Crippen molar-refractivity contribution in [2.24, 2.45) is 4.99 Å². The second kappa shape index (κ2) is 6.67. The van der Waals surface area contributed by atoms with Crippen LogP contribution in [-0.2, 0) is 0 Å². The molecule has 0 radical (unpaired) electrons. The van der Waals surface area contributed by atoms with Crippen LogP contribution in [0.4, 0.5) is 5.69 Å². The van der Waals surface area contributed by atoms with Crippen molar-refractivity contribution in [3.05, 3.63) is 48.5 Å². The number of nitrogens with zero attached hydrogens (tertiary/aromatic N) is 2. The van der Waals surface area contributed by atoms with Gasteiger partial charge in [0.2, 0.25) is 0 Å². The first-order valence-electron chi connectivity index (χ1n) is 5.82. The SMILES string of the molecule is Sc1ccccc1/N=C/SSc1nc2ccccc2s1. The highest BCUT2D eigenvalue weighted by Crippen LogP contribution is 2.36. The van der Waals surface area contributed by atoms with Gasteiger partial charge in [-0.25, -0.2) is 9.98 Å². The Morgan fingerprint density at radius 2 is 1.90 bits per heavy atom. The molecule has 1 aromatic heterocycles. The predicted molar refractivity (Wildman–Crippen MR) is 94.9 cm³/mol. The van der Waals surface area contributed by atoms with Crippen LogP contribution in [0.2, 0.25) is 0 Å². The Morgan fingerprint density at radius 1 is 1.10 bits per heavy atom. The molecule has 0 fully saturated rings. The first-order valence-corrected chi connectivity index (χ1v) is 9.30. The van der Waals surface area contributed by atoms with E-state index in [2.05, 4.69) is 28.7 Å². The van der Waals surface area contributed by atoms with Crippen LogP contribution in [0.3, 0.4) is 0 Å². The average molecular weight is 335 g/mol. The summed E-state index contributed by atoms with van der Waals surface area (Å²) in [7, 11) is 3.19. The summed E-state index contributed by atoms with van der Waals surface area (Å²) >= 11 is 6.06. The molecule has 6 heteroatoms. The highest BCUT2D eigenvalue weighted by molar-refractivity contribution is 8.81. The first kappa shape index (κ1) is 14.0. The van der Waals surface area contributed by atoms with Crippen LogP contribution in [0.5, 0.6) is 0 Å². The van der Waals surface area contributed by atoms with Gasteiger partial charge in [-0.2, -0.15) is 0 Å². The quantitative estimate of drug-likeness (QED) is 0.287.